The molecular weight excluding hydrogens is 408 g/mol. The van der Waals surface area contributed by atoms with Crippen LogP contribution in [0.25, 0.3) is 11.1 Å². The number of carbonyl (C=O) groups excluding carboxylic acids is 2. The molecule has 1 amide bonds. The highest BCUT2D eigenvalue weighted by atomic mass is 32.2. The summed E-state index contributed by atoms with van der Waals surface area (Å²) >= 11 is 1.66. The minimum absolute atomic E-state index is 0.279. The Morgan fingerprint density at radius 1 is 1.10 bits per heavy atom. The number of pyridine rings is 1. The molecule has 0 aliphatic heterocycles. The topological polar surface area (TPSA) is 83.1 Å². The summed E-state index contributed by atoms with van der Waals surface area (Å²) in [7, 11) is 0. The van der Waals surface area contributed by atoms with Gasteiger partial charge in [0.05, 0.1) is 6.04 Å². The molecule has 0 fully saturated rings. The Balaban J connectivity index is 1.78. The van der Waals surface area contributed by atoms with E-state index in [4.69, 9.17) is 0 Å². The molecule has 0 radical (unpaired) electrons. The fourth-order valence-electron chi connectivity index (χ4n) is 3.06. The van der Waals surface area contributed by atoms with Gasteiger partial charge in [-0.1, -0.05) is 42.5 Å². The Labute approximate surface area is 186 Å². The number of anilines is 1. The van der Waals surface area contributed by atoms with Crippen LogP contribution in [0.3, 0.4) is 0 Å². The number of hydrogen-bond donors (Lipinski definition) is 3. The summed E-state index contributed by atoms with van der Waals surface area (Å²) in [6.07, 6.45) is 5.19. The average molecular weight is 435 g/mol. The van der Waals surface area contributed by atoms with Crippen molar-refractivity contribution in [3.05, 3.63) is 84.1 Å². The molecule has 6 nitrogen and oxygen atoms in total. The number of hydrogen-bond acceptors (Lipinski definition) is 6. The van der Waals surface area contributed by atoms with Crippen molar-refractivity contribution in [3.63, 3.8) is 0 Å². The maximum atomic E-state index is 12.9. The highest BCUT2D eigenvalue weighted by Crippen LogP contribution is 2.25. The first-order valence-electron chi connectivity index (χ1n) is 10.0. The maximum absolute atomic E-state index is 12.9. The first-order valence-corrected chi connectivity index (χ1v) is 11.4. The van der Waals surface area contributed by atoms with Gasteiger partial charge in [-0.25, -0.2) is 10.4 Å². The van der Waals surface area contributed by atoms with E-state index in [9.17, 15) is 9.59 Å². The largest absolute Gasteiger partial charge is 0.366 e. The van der Waals surface area contributed by atoms with E-state index >= 15 is 0 Å². The van der Waals surface area contributed by atoms with Crippen LogP contribution in [0.4, 0.5) is 5.82 Å². The van der Waals surface area contributed by atoms with Crippen molar-refractivity contribution >= 4 is 29.8 Å². The molecule has 160 valence electrons. The fraction of sp³-hybridized carbons (Fsp3) is 0.208. The smallest absolute Gasteiger partial charge is 0.266 e. The summed E-state index contributed by atoms with van der Waals surface area (Å²) in [4.78, 5) is 28.4. The second-order valence-electron chi connectivity index (χ2n) is 6.94. The minimum Gasteiger partial charge on any atom is -0.366 e. The van der Waals surface area contributed by atoms with Crippen LogP contribution in [0.2, 0.25) is 0 Å². The van der Waals surface area contributed by atoms with Crippen molar-refractivity contribution in [3.8, 4) is 11.1 Å². The number of benzene rings is 2. The van der Waals surface area contributed by atoms with E-state index in [1.807, 2.05) is 73.0 Å². The number of nitrogens with one attached hydrogen (secondary N) is 3. The van der Waals surface area contributed by atoms with Crippen LogP contribution < -0.4 is 16.2 Å². The van der Waals surface area contributed by atoms with Crippen LogP contribution in [0.1, 0.15) is 22.3 Å². The van der Waals surface area contributed by atoms with Crippen LogP contribution in [-0.2, 0) is 11.3 Å². The second kappa shape index (κ2) is 11.9. The van der Waals surface area contributed by atoms with Crippen molar-refractivity contribution in [2.75, 3.05) is 17.3 Å². The number of rotatable bonds is 11. The Morgan fingerprint density at radius 2 is 1.90 bits per heavy atom. The number of carbonyl (C=O) groups is 2. The zero-order chi connectivity index (χ0) is 21.9. The number of nitrogens with zero attached hydrogens (tertiary/aromatic N) is 1. The average Bonchev–Trinajstić information content (AvgIpc) is 2.83. The third-order valence-electron chi connectivity index (χ3n) is 4.72. The van der Waals surface area contributed by atoms with Gasteiger partial charge in [0, 0.05) is 18.3 Å². The van der Waals surface area contributed by atoms with Crippen LogP contribution >= 0.6 is 11.8 Å². The van der Waals surface area contributed by atoms with Crippen LogP contribution in [0.15, 0.2) is 72.9 Å². The van der Waals surface area contributed by atoms with Crippen LogP contribution in [0, 0.1) is 0 Å². The van der Waals surface area contributed by atoms with Crippen LogP contribution in [-0.4, -0.2) is 35.2 Å². The van der Waals surface area contributed by atoms with Gasteiger partial charge < -0.3 is 10.1 Å². The molecule has 3 N–H and O–H groups in total. The summed E-state index contributed by atoms with van der Waals surface area (Å²) in [5, 5.41) is 3.29. The lowest BCUT2D eigenvalue weighted by Gasteiger charge is -2.16. The van der Waals surface area contributed by atoms with Gasteiger partial charge in [0.15, 0.2) is 0 Å². The molecule has 1 atom stereocenters. The van der Waals surface area contributed by atoms with Gasteiger partial charge in [0.25, 0.3) is 5.91 Å². The van der Waals surface area contributed by atoms with Gasteiger partial charge in [-0.15, -0.1) is 0 Å². The van der Waals surface area contributed by atoms with E-state index in [-0.39, 0.29) is 5.91 Å². The van der Waals surface area contributed by atoms with Gasteiger partial charge in [-0.2, -0.15) is 11.8 Å². The molecule has 31 heavy (non-hydrogen) atoms. The summed E-state index contributed by atoms with van der Waals surface area (Å²) in [5.41, 5.74) is 8.87. The normalized spacial score (nSPS) is 11.5. The quantitative estimate of drug-likeness (QED) is 0.313. The summed E-state index contributed by atoms with van der Waals surface area (Å²) in [6, 6.07) is 20.8. The van der Waals surface area contributed by atoms with Gasteiger partial charge in [-0.3, -0.25) is 10.2 Å². The molecule has 3 rings (SSSR count). The molecule has 0 saturated heterocycles. The summed E-state index contributed by atoms with van der Waals surface area (Å²) in [5.74, 6) is 1.35. The van der Waals surface area contributed by atoms with E-state index < -0.39 is 6.04 Å². The molecule has 1 unspecified atom stereocenters. The molecule has 0 aliphatic carbocycles. The van der Waals surface area contributed by atoms with E-state index in [0.717, 1.165) is 34.5 Å². The monoisotopic (exact) mass is 434 g/mol. The predicted octanol–water partition coefficient (Wildman–Crippen LogP) is 3.92. The lowest BCUT2D eigenvalue weighted by Crippen LogP contribution is -2.45. The summed E-state index contributed by atoms with van der Waals surface area (Å²) < 4.78 is 0. The maximum Gasteiger partial charge on any atom is 0.266 e. The summed E-state index contributed by atoms with van der Waals surface area (Å²) in [6.45, 7) is 0.582. The first-order chi connectivity index (χ1) is 15.2. The molecule has 3 aromatic rings. The minimum atomic E-state index is -0.418. The van der Waals surface area contributed by atoms with E-state index in [2.05, 4.69) is 21.2 Å². The first kappa shape index (κ1) is 22.5. The van der Waals surface area contributed by atoms with Gasteiger partial charge in [0.2, 0.25) is 0 Å². The Morgan fingerprint density at radius 3 is 2.61 bits per heavy atom. The Bertz CT molecular complexity index is 983. The van der Waals surface area contributed by atoms with Gasteiger partial charge in [0.1, 0.15) is 12.1 Å². The molecule has 1 heterocycles. The van der Waals surface area contributed by atoms with Crippen molar-refractivity contribution in [2.45, 2.75) is 19.0 Å². The third-order valence-corrected chi connectivity index (χ3v) is 5.36. The van der Waals surface area contributed by atoms with Gasteiger partial charge in [-0.05, 0) is 59.4 Å². The number of amides is 1. The van der Waals surface area contributed by atoms with E-state index in [0.29, 0.717) is 18.5 Å². The highest BCUT2D eigenvalue weighted by Gasteiger charge is 2.15. The number of hydrazine groups is 1. The Hall–Kier alpha value is -3.16. The number of aldehydes is 1. The second-order valence-corrected chi connectivity index (χ2v) is 7.92. The molecule has 7 heteroatoms. The molecule has 0 aliphatic rings. The van der Waals surface area contributed by atoms with E-state index in [1.54, 1.807) is 18.0 Å². The molecule has 2 aromatic carbocycles. The molecular formula is C24H26N4O2S. The lowest BCUT2D eigenvalue weighted by atomic mass is 9.96. The molecule has 0 bridgehead atoms. The Kier molecular flexibility index (Phi) is 8.63. The van der Waals surface area contributed by atoms with Crippen molar-refractivity contribution in [1.29, 1.82) is 0 Å². The molecule has 1 aromatic heterocycles. The molecule has 0 saturated carbocycles. The zero-order valence-electron chi connectivity index (χ0n) is 17.4. The highest BCUT2D eigenvalue weighted by molar-refractivity contribution is 7.98. The number of thioether (sulfide) groups is 1. The standard InChI is InChI=1S/C24H26N4O2S/c1-31-14-12-20(17-29)27-28-24(30)21-11-10-18(16-26-23-9-5-6-13-25-23)15-22(21)19-7-3-2-4-8-19/h2-11,13,15,17,20,27H,12,14,16H2,1H3,(H,25,26)(H,28,30). The SMILES string of the molecule is CSCCC(C=O)NNC(=O)c1ccc(CNc2ccccn2)cc1-c1ccccc1. The predicted molar refractivity (Wildman–Crippen MR) is 127 cm³/mol. The van der Waals surface area contributed by atoms with Crippen LogP contribution in [0.5, 0.6) is 0 Å². The lowest BCUT2D eigenvalue weighted by molar-refractivity contribution is -0.109. The van der Waals surface area contributed by atoms with Crippen molar-refractivity contribution in [2.24, 2.45) is 0 Å². The van der Waals surface area contributed by atoms with E-state index in [1.165, 1.54) is 0 Å². The molecule has 0 spiro atoms. The zero-order valence-corrected chi connectivity index (χ0v) is 18.2. The van der Waals surface area contributed by atoms with Gasteiger partial charge >= 0.3 is 0 Å². The number of aromatic nitrogens is 1. The third kappa shape index (κ3) is 6.67. The van der Waals surface area contributed by atoms with Crippen molar-refractivity contribution in [1.82, 2.24) is 15.8 Å². The van der Waals surface area contributed by atoms with Crippen molar-refractivity contribution < 1.29 is 9.59 Å². The fourth-order valence-corrected chi connectivity index (χ4v) is 3.55.